The smallest absolute Gasteiger partial charge is 0.314 e. The number of rotatable bonds is 10. The summed E-state index contributed by atoms with van der Waals surface area (Å²) in [6.07, 6.45) is 3.24. The standard InChI is InChI=1S/C28H33ClFN3O2/c1-20(2)28(19-31,21-10-4-3-5-11-21)16-7-6-15-26(34)33(17-9-14-25(33)27(32)35)18-22-23(29)12-8-13-24(22)30/h3-5,8,10-13,20,25H,6-7,9,14-18H2,1-2H3,(H-,32,35)/p+1/t25?,28-,33+/m0/s1. The summed E-state index contributed by atoms with van der Waals surface area (Å²) in [6.45, 7) is 4.52. The Labute approximate surface area is 212 Å². The van der Waals surface area contributed by atoms with Crippen LogP contribution in [0, 0.1) is 23.1 Å². The third kappa shape index (κ3) is 5.42. The monoisotopic (exact) mass is 498 g/mol. The molecule has 1 aliphatic heterocycles. The van der Waals surface area contributed by atoms with Crippen LogP contribution in [-0.4, -0.2) is 28.9 Å². The first-order chi connectivity index (χ1) is 16.7. The Kier molecular flexibility index (Phi) is 8.69. The lowest BCUT2D eigenvalue weighted by Crippen LogP contribution is -2.59. The molecule has 2 N–H and O–H groups in total. The lowest BCUT2D eigenvalue weighted by Gasteiger charge is -2.36. The molecule has 0 bridgehead atoms. The number of benzene rings is 2. The van der Waals surface area contributed by atoms with E-state index in [2.05, 4.69) is 6.07 Å². The lowest BCUT2D eigenvalue weighted by atomic mass is 9.69. The van der Waals surface area contributed by atoms with E-state index in [1.807, 2.05) is 44.2 Å². The number of nitrogens with two attached hydrogens (primary N) is 1. The fraction of sp³-hybridized carbons (Fsp3) is 0.464. The Morgan fingerprint density at radius 2 is 1.91 bits per heavy atom. The second-order valence-corrected chi connectivity index (χ2v) is 10.3. The van der Waals surface area contributed by atoms with Gasteiger partial charge in [0.05, 0.1) is 35.0 Å². The van der Waals surface area contributed by atoms with Gasteiger partial charge in [0.1, 0.15) is 12.4 Å². The number of amides is 2. The molecule has 1 aliphatic rings. The van der Waals surface area contributed by atoms with Crippen molar-refractivity contribution in [2.45, 2.75) is 70.4 Å². The van der Waals surface area contributed by atoms with Crippen LogP contribution in [0.15, 0.2) is 48.5 Å². The summed E-state index contributed by atoms with van der Waals surface area (Å²) in [5.41, 5.74) is 6.28. The van der Waals surface area contributed by atoms with Crippen molar-refractivity contribution in [3.8, 4) is 6.07 Å². The Bertz CT molecular complexity index is 1080. The van der Waals surface area contributed by atoms with Gasteiger partial charge >= 0.3 is 5.91 Å². The van der Waals surface area contributed by atoms with E-state index in [0.29, 0.717) is 38.6 Å². The molecule has 1 unspecified atom stereocenters. The minimum absolute atomic E-state index is 0.0100. The summed E-state index contributed by atoms with van der Waals surface area (Å²) in [7, 11) is 0. The summed E-state index contributed by atoms with van der Waals surface area (Å²) in [6, 6.07) is 16.0. The van der Waals surface area contributed by atoms with Gasteiger partial charge in [-0.1, -0.05) is 68.3 Å². The zero-order valence-electron chi connectivity index (χ0n) is 20.5. The number of carbonyl (C=O) groups excluding carboxylic acids is 2. The number of carbonyl (C=O) groups is 2. The minimum Gasteiger partial charge on any atom is -0.364 e. The van der Waals surface area contributed by atoms with Crippen molar-refractivity contribution < 1.29 is 18.5 Å². The van der Waals surface area contributed by atoms with Crippen molar-refractivity contribution in [1.29, 1.82) is 5.26 Å². The maximum atomic E-state index is 14.6. The van der Waals surface area contributed by atoms with E-state index in [4.69, 9.17) is 17.3 Å². The molecule has 3 atom stereocenters. The molecular weight excluding hydrogens is 465 g/mol. The van der Waals surface area contributed by atoms with Gasteiger partial charge in [0.15, 0.2) is 6.04 Å². The number of hydrogen-bond acceptors (Lipinski definition) is 3. The number of likely N-dealkylation sites (tertiary alicyclic amines) is 1. The van der Waals surface area contributed by atoms with Crippen LogP contribution in [0.1, 0.15) is 63.5 Å². The van der Waals surface area contributed by atoms with Crippen molar-refractivity contribution in [3.05, 3.63) is 70.5 Å². The topological polar surface area (TPSA) is 83.9 Å². The van der Waals surface area contributed by atoms with Crippen LogP contribution >= 0.6 is 11.6 Å². The summed E-state index contributed by atoms with van der Waals surface area (Å²) in [4.78, 5) is 25.9. The van der Waals surface area contributed by atoms with Gasteiger partial charge in [-0.15, -0.1) is 0 Å². The van der Waals surface area contributed by atoms with Crippen LogP contribution in [-0.2, 0) is 21.5 Å². The predicted molar refractivity (Wildman–Crippen MR) is 135 cm³/mol. The number of primary amides is 1. The summed E-state index contributed by atoms with van der Waals surface area (Å²) in [5.74, 6) is -1.06. The van der Waals surface area contributed by atoms with E-state index < -0.39 is 23.2 Å². The Morgan fingerprint density at radius 1 is 1.20 bits per heavy atom. The lowest BCUT2D eigenvalue weighted by molar-refractivity contribution is -0.871. The van der Waals surface area contributed by atoms with Gasteiger partial charge in [0, 0.05) is 12.8 Å². The molecular formula is C28H34ClFN3O2+. The van der Waals surface area contributed by atoms with Crippen molar-refractivity contribution in [3.63, 3.8) is 0 Å². The fourth-order valence-electron chi connectivity index (χ4n) is 5.55. The zero-order chi connectivity index (χ0) is 25.6. The quantitative estimate of drug-likeness (QED) is 0.339. The number of unbranched alkanes of at least 4 members (excludes halogenated alkanes) is 1. The number of nitriles is 1. The van der Waals surface area contributed by atoms with Gasteiger partial charge in [-0.05, 0) is 36.5 Å². The first kappa shape index (κ1) is 26.8. The van der Waals surface area contributed by atoms with E-state index in [9.17, 15) is 19.2 Å². The minimum atomic E-state index is -0.698. The highest BCUT2D eigenvalue weighted by Gasteiger charge is 2.51. The molecule has 2 amide bonds. The van der Waals surface area contributed by atoms with Gasteiger partial charge in [0.2, 0.25) is 0 Å². The van der Waals surface area contributed by atoms with Crippen LogP contribution in [0.2, 0.25) is 5.02 Å². The maximum Gasteiger partial charge on any atom is 0.314 e. The van der Waals surface area contributed by atoms with Crippen molar-refractivity contribution in [2.24, 2.45) is 11.7 Å². The highest BCUT2D eigenvalue weighted by atomic mass is 35.5. The molecule has 1 saturated heterocycles. The first-order valence-corrected chi connectivity index (χ1v) is 12.6. The molecule has 0 spiro atoms. The normalized spacial score (nSPS) is 21.4. The SMILES string of the molecule is CC(C)[C@@](C#N)(CCCCC(=O)[N@@+]1(Cc2c(F)cccc2Cl)CCCC1C(N)=O)c1ccccc1. The average molecular weight is 499 g/mol. The third-order valence-corrected chi connectivity index (χ3v) is 8.00. The predicted octanol–water partition coefficient (Wildman–Crippen LogP) is 5.65. The van der Waals surface area contributed by atoms with Gasteiger partial charge in [-0.25, -0.2) is 13.7 Å². The molecule has 0 aliphatic carbocycles. The Balaban J connectivity index is 1.78. The summed E-state index contributed by atoms with van der Waals surface area (Å²) < 4.78 is 14.4. The highest BCUT2D eigenvalue weighted by molar-refractivity contribution is 6.31. The van der Waals surface area contributed by atoms with Crippen LogP contribution in [0.4, 0.5) is 4.39 Å². The van der Waals surface area contributed by atoms with Crippen molar-refractivity contribution >= 4 is 23.4 Å². The molecule has 0 aromatic heterocycles. The van der Waals surface area contributed by atoms with Gasteiger partial charge in [-0.2, -0.15) is 5.26 Å². The van der Waals surface area contributed by atoms with E-state index >= 15 is 0 Å². The third-order valence-electron chi connectivity index (χ3n) is 7.64. The van der Waals surface area contributed by atoms with Crippen LogP contribution < -0.4 is 5.73 Å². The summed E-state index contributed by atoms with van der Waals surface area (Å²) >= 11 is 6.27. The molecule has 0 radical (unpaired) electrons. The van der Waals surface area contributed by atoms with Crippen molar-refractivity contribution in [2.75, 3.05) is 6.54 Å². The molecule has 2 aromatic rings. The Morgan fingerprint density at radius 3 is 2.51 bits per heavy atom. The van der Waals surface area contributed by atoms with E-state index in [1.165, 1.54) is 12.1 Å². The van der Waals surface area contributed by atoms with Crippen LogP contribution in [0.3, 0.4) is 0 Å². The van der Waals surface area contributed by atoms with E-state index in [-0.39, 0.29) is 39.9 Å². The highest BCUT2D eigenvalue weighted by Crippen LogP contribution is 2.38. The fourth-order valence-corrected chi connectivity index (χ4v) is 5.77. The van der Waals surface area contributed by atoms with Crippen molar-refractivity contribution in [1.82, 2.24) is 0 Å². The molecule has 186 valence electrons. The largest absolute Gasteiger partial charge is 0.364 e. The molecule has 2 aromatic carbocycles. The molecule has 1 heterocycles. The van der Waals surface area contributed by atoms with E-state index in [1.54, 1.807) is 6.07 Å². The van der Waals surface area contributed by atoms with Crippen LogP contribution in [0.5, 0.6) is 0 Å². The average Bonchev–Trinajstić information content (AvgIpc) is 3.27. The number of halogens is 2. The number of quaternary nitrogens is 1. The number of nitrogens with zero attached hydrogens (tertiary/aromatic N) is 2. The number of hydrogen-bond donors (Lipinski definition) is 1. The van der Waals surface area contributed by atoms with Gasteiger partial charge in [-0.3, -0.25) is 4.79 Å². The molecule has 7 heteroatoms. The Hall–Kier alpha value is -2.75. The van der Waals surface area contributed by atoms with Crippen LogP contribution in [0.25, 0.3) is 0 Å². The van der Waals surface area contributed by atoms with E-state index in [0.717, 1.165) is 5.56 Å². The first-order valence-electron chi connectivity index (χ1n) is 12.3. The zero-order valence-corrected chi connectivity index (χ0v) is 21.2. The molecule has 5 nitrogen and oxygen atoms in total. The molecule has 35 heavy (non-hydrogen) atoms. The molecule has 0 saturated carbocycles. The maximum absolute atomic E-state index is 14.6. The molecule has 3 rings (SSSR count). The second-order valence-electron chi connectivity index (χ2n) is 9.88. The second kappa shape index (κ2) is 11.3. The van der Waals surface area contributed by atoms with Gasteiger partial charge < -0.3 is 5.73 Å². The van der Waals surface area contributed by atoms with Gasteiger partial charge in [0.25, 0.3) is 5.91 Å². The summed E-state index contributed by atoms with van der Waals surface area (Å²) in [5, 5.41) is 10.4. The molecule has 1 fully saturated rings.